The summed E-state index contributed by atoms with van der Waals surface area (Å²) in [4.78, 5) is 13.5. The normalized spacial score (nSPS) is 12.4. The van der Waals surface area contributed by atoms with Crippen LogP contribution in [-0.2, 0) is 11.2 Å². The largest absolute Gasteiger partial charge is 0.483 e. The van der Waals surface area contributed by atoms with Crippen LogP contribution in [-0.4, -0.2) is 11.7 Å². The van der Waals surface area contributed by atoms with E-state index in [1.807, 2.05) is 61.5 Å². The third-order valence-electron chi connectivity index (χ3n) is 4.52. The molecule has 138 valence electrons. The Morgan fingerprint density at radius 3 is 2.52 bits per heavy atom. The molecule has 0 spiro atoms. The van der Waals surface area contributed by atoms with Crippen LogP contribution in [0.15, 0.2) is 77.6 Å². The molecule has 0 fully saturated rings. The van der Waals surface area contributed by atoms with Crippen LogP contribution in [0, 0.1) is 0 Å². The second-order valence-electron chi connectivity index (χ2n) is 6.11. The number of hydrogen-bond acceptors (Lipinski definition) is 4. The SMILES string of the molecule is CCc1cc2cccc(C(/C=C(\N)OC)=C/N)c2c(=O)n1-c1ccccc1. The van der Waals surface area contributed by atoms with Crippen molar-refractivity contribution < 1.29 is 4.74 Å². The summed E-state index contributed by atoms with van der Waals surface area (Å²) in [7, 11) is 1.49. The summed E-state index contributed by atoms with van der Waals surface area (Å²) in [5.74, 6) is 0.220. The van der Waals surface area contributed by atoms with E-state index in [2.05, 4.69) is 0 Å². The average Bonchev–Trinajstić information content (AvgIpc) is 2.71. The Balaban J connectivity index is 2.38. The molecule has 3 aromatic rings. The van der Waals surface area contributed by atoms with Crippen molar-refractivity contribution in [2.45, 2.75) is 13.3 Å². The Bertz CT molecular complexity index is 1080. The number of hydrogen-bond donors (Lipinski definition) is 2. The molecule has 0 aliphatic rings. The lowest BCUT2D eigenvalue weighted by Gasteiger charge is -2.16. The molecule has 27 heavy (non-hydrogen) atoms. The molecule has 5 nitrogen and oxygen atoms in total. The van der Waals surface area contributed by atoms with Gasteiger partial charge in [-0.25, -0.2) is 0 Å². The Morgan fingerprint density at radius 1 is 1.15 bits per heavy atom. The van der Waals surface area contributed by atoms with Gasteiger partial charge in [0, 0.05) is 29.2 Å². The van der Waals surface area contributed by atoms with Crippen molar-refractivity contribution in [2.75, 3.05) is 7.11 Å². The molecule has 0 saturated heterocycles. The third-order valence-corrected chi connectivity index (χ3v) is 4.52. The number of methoxy groups -OCH3 is 1. The van der Waals surface area contributed by atoms with Gasteiger partial charge in [-0.3, -0.25) is 9.36 Å². The number of aromatic nitrogens is 1. The van der Waals surface area contributed by atoms with E-state index in [9.17, 15) is 4.79 Å². The first-order valence-corrected chi connectivity index (χ1v) is 8.77. The van der Waals surface area contributed by atoms with Gasteiger partial charge in [-0.2, -0.15) is 0 Å². The van der Waals surface area contributed by atoms with E-state index in [0.29, 0.717) is 16.5 Å². The molecule has 0 aliphatic heterocycles. The number of para-hydroxylation sites is 1. The first-order valence-electron chi connectivity index (χ1n) is 8.77. The van der Waals surface area contributed by atoms with Gasteiger partial charge in [-0.15, -0.1) is 0 Å². The summed E-state index contributed by atoms with van der Waals surface area (Å²) in [5.41, 5.74) is 14.7. The molecule has 4 N–H and O–H groups in total. The lowest BCUT2D eigenvalue weighted by Crippen LogP contribution is -2.22. The summed E-state index contributed by atoms with van der Waals surface area (Å²) >= 11 is 0. The second-order valence-corrected chi connectivity index (χ2v) is 6.11. The number of ether oxygens (including phenoxy) is 1. The average molecular weight is 361 g/mol. The van der Waals surface area contributed by atoms with Gasteiger partial charge in [-0.1, -0.05) is 43.3 Å². The minimum atomic E-state index is -0.0881. The van der Waals surface area contributed by atoms with Crippen LogP contribution in [0.25, 0.3) is 22.0 Å². The smallest absolute Gasteiger partial charge is 0.263 e. The Hall–Kier alpha value is -3.47. The molecule has 0 unspecified atom stereocenters. The summed E-state index contributed by atoms with van der Waals surface area (Å²) in [6, 6.07) is 17.4. The van der Waals surface area contributed by atoms with Gasteiger partial charge in [-0.05, 0) is 35.6 Å². The first-order chi connectivity index (χ1) is 13.1. The van der Waals surface area contributed by atoms with Crippen molar-refractivity contribution in [3.05, 3.63) is 94.4 Å². The van der Waals surface area contributed by atoms with Crippen LogP contribution in [0.3, 0.4) is 0 Å². The number of allylic oxidation sites excluding steroid dienone is 2. The van der Waals surface area contributed by atoms with Gasteiger partial charge in [0.1, 0.15) is 0 Å². The summed E-state index contributed by atoms with van der Waals surface area (Å²) in [6.07, 6.45) is 3.79. The van der Waals surface area contributed by atoms with Gasteiger partial charge < -0.3 is 16.2 Å². The molecule has 0 aliphatic carbocycles. The fraction of sp³-hybridized carbons (Fsp3) is 0.136. The van der Waals surface area contributed by atoms with E-state index in [0.717, 1.165) is 23.2 Å². The molecule has 0 bridgehead atoms. The standard InChI is InChI=1S/C22H23N3O2/c1-3-17-12-15-8-7-11-19(16(14-23)13-20(24)27-2)21(15)22(26)25(17)18-9-5-4-6-10-18/h4-14H,3,23-24H2,1-2H3/b16-14+,20-13+. The maximum atomic E-state index is 13.5. The van der Waals surface area contributed by atoms with Gasteiger partial charge in [0.05, 0.1) is 12.5 Å². The number of pyridine rings is 1. The number of nitrogens with two attached hydrogens (primary N) is 2. The molecular weight excluding hydrogens is 338 g/mol. The van der Waals surface area contributed by atoms with E-state index in [4.69, 9.17) is 16.2 Å². The highest BCUT2D eigenvalue weighted by atomic mass is 16.5. The van der Waals surface area contributed by atoms with E-state index >= 15 is 0 Å². The predicted molar refractivity (Wildman–Crippen MR) is 110 cm³/mol. The molecule has 0 amide bonds. The van der Waals surface area contributed by atoms with E-state index in [1.165, 1.54) is 13.3 Å². The van der Waals surface area contributed by atoms with Crippen molar-refractivity contribution in [1.82, 2.24) is 4.57 Å². The Morgan fingerprint density at radius 2 is 1.89 bits per heavy atom. The Kier molecular flexibility index (Phi) is 5.31. The van der Waals surface area contributed by atoms with E-state index < -0.39 is 0 Å². The number of aryl methyl sites for hydroxylation is 1. The number of fused-ring (bicyclic) bond motifs is 1. The van der Waals surface area contributed by atoms with Gasteiger partial charge >= 0.3 is 0 Å². The van der Waals surface area contributed by atoms with E-state index in [1.54, 1.807) is 10.6 Å². The molecule has 0 saturated carbocycles. The summed E-state index contributed by atoms with van der Waals surface area (Å²) in [5, 5.41) is 1.46. The number of benzene rings is 2. The summed E-state index contributed by atoms with van der Waals surface area (Å²) < 4.78 is 6.79. The van der Waals surface area contributed by atoms with Crippen LogP contribution in [0.1, 0.15) is 18.2 Å². The zero-order chi connectivity index (χ0) is 19.4. The number of nitrogens with zero attached hydrogens (tertiary/aromatic N) is 1. The monoisotopic (exact) mass is 361 g/mol. The van der Waals surface area contributed by atoms with Crippen molar-refractivity contribution in [3.8, 4) is 5.69 Å². The topological polar surface area (TPSA) is 83.3 Å². The minimum Gasteiger partial charge on any atom is -0.483 e. The molecule has 1 heterocycles. The predicted octanol–water partition coefficient (Wildman–Crippen LogP) is 3.30. The van der Waals surface area contributed by atoms with Gasteiger partial charge in [0.15, 0.2) is 5.88 Å². The van der Waals surface area contributed by atoms with Crippen LogP contribution < -0.4 is 17.0 Å². The lowest BCUT2D eigenvalue weighted by atomic mass is 9.98. The fourth-order valence-electron chi connectivity index (χ4n) is 3.20. The van der Waals surface area contributed by atoms with E-state index in [-0.39, 0.29) is 11.4 Å². The molecule has 1 aromatic heterocycles. The molecule has 3 rings (SSSR count). The highest BCUT2D eigenvalue weighted by molar-refractivity contribution is 5.96. The maximum Gasteiger partial charge on any atom is 0.263 e. The van der Waals surface area contributed by atoms with Gasteiger partial charge in [0.2, 0.25) is 0 Å². The fourth-order valence-corrected chi connectivity index (χ4v) is 3.20. The second kappa shape index (κ2) is 7.83. The zero-order valence-corrected chi connectivity index (χ0v) is 15.5. The van der Waals surface area contributed by atoms with Crippen molar-refractivity contribution in [2.24, 2.45) is 11.5 Å². The molecule has 0 radical (unpaired) electrons. The van der Waals surface area contributed by atoms with Gasteiger partial charge in [0.25, 0.3) is 5.56 Å². The molecule has 2 aromatic carbocycles. The van der Waals surface area contributed by atoms with Crippen LogP contribution in [0.4, 0.5) is 0 Å². The lowest BCUT2D eigenvalue weighted by molar-refractivity contribution is 0.288. The zero-order valence-electron chi connectivity index (χ0n) is 15.5. The van der Waals surface area contributed by atoms with Crippen molar-refractivity contribution in [3.63, 3.8) is 0 Å². The molecular formula is C22H23N3O2. The number of rotatable bonds is 5. The highest BCUT2D eigenvalue weighted by Crippen LogP contribution is 2.25. The Labute approximate surface area is 158 Å². The maximum absolute atomic E-state index is 13.5. The van der Waals surface area contributed by atoms with Crippen LogP contribution in [0.2, 0.25) is 0 Å². The quantitative estimate of drug-likeness (QED) is 0.539. The van der Waals surface area contributed by atoms with Crippen molar-refractivity contribution >= 4 is 16.3 Å². The molecule has 0 atom stereocenters. The van der Waals surface area contributed by atoms with Crippen LogP contribution >= 0.6 is 0 Å². The minimum absolute atomic E-state index is 0.0881. The van der Waals surface area contributed by atoms with Crippen molar-refractivity contribution in [1.29, 1.82) is 0 Å². The molecule has 5 heteroatoms. The highest BCUT2D eigenvalue weighted by Gasteiger charge is 2.14. The van der Waals surface area contributed by atoms with Crippen LogP contribution in [0.5, 0.6) is 0 Å². The first kappa shape index (κ1) is 18.3. The third kappa shape index (κ3) is 3.44. The summed E-state index contributed by atoms with van der Waals surface area (Å²) in [6.45, 7) is 2.04.